The van der Waals surface area contributed by atoms with Gasteiger partial charge in [0.15, 0.2) is 5.41 Å². The van der Waals surface area contributed by atoms with Crippen molar-refractivity contribution in [3.05, 3.63) is 75.5 Å². The van der Waals surface area contributed by atoms with E-state index < -0.39 is 5.41 Å². The number of carbonyl (C=O) groups is 1. The summed E-state index contributed by atoms with van der Waals surface area (Å²) in [7, 11) is 0. The van der Waals surface area contributed by atoms with Gasteiger partial charge in [0.25, 0.3) is 0 Å². The van der Waals surface area contributed by atoms with E-state index in [0.717, 1.165) is 61.0 Å². The first kappa shape index (κ1) is 21.0. The molecule has 0 saturated carbocycles. The van der Waals surface area contributed by atoms with Gasteiger partial charge in [-0.25, -0.2) is 0 Å². The molecule has 1 aliphatic rings. The molecule has 0 aliphatic carbocycles. The number of carbonyl (C=O) groups excluding carboxylic acids is 1. The summed E-state index contributed by atoms with van der Waals surface area (Å²) < 4.78 is 5.76. The highest BCUT2D eigenvalue weighted by atomic mass is 35.5. The fourth-order valence-corrected chi connectivity index (χ4v) is 4.06. The highest BCUT2D eigenvalue weighted by Crippen LogP contribution is 2.51. The third-order valence-corrected chi connectivity index (χ3v) is 5.92. The topological polar surface area (TPSA) is 26.3 Å². The van der Waals surface area contributed by atoms with Crippen molar-refractivity contribution in [2.24, 2.45) is 0 Å². The average Bonchev–Trinajstić information content (AvgIpc) is 2.70. The second-order valence-electron chi connectivity index (χ2n) is 7.32. The number of unbranched alkanes of at least 4 members (excludes halogenated alkanes) is 2. The summed E-state index contributed by atoms with van der Waals surface area (Å²) in [5, 5.41) is 1.36. The number of esters is 1. The second-order valence-corrected chi connectivity index (χ2v) is 8.20. The van der Waals surface area contributed by atoms with E-state index in [2.05, 4.69) is 13.8 Å². The molecule has 28 heavy (non-hydrogen) atoms. The van der Waals surface area contributed by atoms with E-state index in [1.54, 1.807) is 0 Å². The minimum absolute atomic E-state index is 0.166. The number of ether oxygens (including phenoxy) is 1. The van der Waals surface area contributed by atoms with Gasteiger partial charge in [-0.3, -0.25) is 4.79 Å². The van der Waals surface area contributed by atoms with Crippen LogP contribution in [0.3, 0.4) is 0 Å². The standard InChI is InChI=1S/C24H26Cl2O2/c1-3-5-7-21(17-8-12-19(25)13-9-17)22-24(16-6-4-2,23(27)28-22)18-10-14-20(26)15-11-18/h8-15H,3-7,16H2,1-2H3/b22-21-/t24-/m0/s1. The molecule has 2 nitrogen and oxygen atoms in total. The molecule has 2 aromatic rings. The van der Waals surface area contributed by atoms with E-state index in [0.29, 0.717) is 10.0 Å². The fraction of sp³-hybridized carbons (Fsp3) is 0.375. The Labute approximate surface area is 177 Å². The zero-order valence-electron chi connectivity index (χ0n) is 16.4. The van der Waals surface area contributed by atoms with Crippen molar-refractivity contribution in [3.8, 4) is 0 Å². The van der Waals surface area contributed by atoms with Crippen LogP contribution in [0.2, 0.25) is 10.0 Å². The average molecular weight is 417 g/mol. The predicted octanol–water partition coefficient (Wildman–Crippen LogP) is 7.58. The third kappa shape index (κ3) is 3.99. The minimum Gasteiger partial charge on any atom is -0.428 e. The molecule has 1 saturated heterocycles. The number of halogens is 2. The fourth-order valence-electron chi connectivity index (χ4n) is 3.81. The molecule has 0 bridgehead atoms. The van der Waals surface area contributed by atoms with Crippen molar-refractivity contribution in [2.45, 2.75) is 57.8 Å². The summed E-state index contributed by atoms with van der Waals surface area (Å²) in [6.07, 6.45) is 5.67. The SMILES string of the molecule is CCCC/C(=C1/OC(=O)[C@@]1(CCCC)c1ccc(Cl)cc1)c1ccc(Cl)cc1. The maximum absolute atomic E-state index is 12.9. The van der Waals surface area contributed by atoms with E-state index in [1.165, 1.54) is 0 Å². The van der Waals surface area contributed by atoms with Gasteiger partial charge in [-0.05, 0) is 60.2 Å². The van der Waals surface area contributed by atoms with Crippen LogP contribution in [0, 0.1) is 0 Å². The summed E-state index contributed by atoms with van der Waals surface area (Å²) >= 11 is 12.2. The molecule has 0 spiro atoms. The number of rotatable bonds is 8. The molecule has 148 valence electrons. The van der Waals surface area contributed by atoms with Crippen LogP contribution in [-0.4, -0.2) is 5.97 Å². The van der Waals surface area contributed by atoms with Gasteiger partial charge >= 0.3 is 5.97 Å². The van der Waals surface area contributed by atoms with Crippen molar-refractivity contribution in [2.75, 3.05) is 0 Å². The quantitative estimate of drug-likeness (QED) is 0.414. The maximum atomic E-state index is 12.9. The maximum Gasteiger partial charge on any atom is 0.329 e. The molecule has 1 atom stereocenters. The summed E-state index contributed by atoms with van der Waals surface area (Å²) in [5.74, 6) is 0.630. The van der Waals surface area contributed by atoms with Crippen LogP contribution in [0.15, 0.2) is 54.3 Å². The molecule has 0 unspecified atom stereocenters. The Balaban J connectivity index is 2.16. The molecule has 2 aromatic carbocycles. The van der Waals surface area contributed by atoms with Gasteiger partial charge in [0.05, 0.1) is 0 Å². The lowest BCUT2D eigenvalue weighted by Crippen LogP contribution is -2.50. The van der Waals surface area contributed by atoms with Gasteiger partial charge in [-0.15, -0.1) is 0 Å². The van der Waals surface area contributed by atoms with Gasteiger partial charge < -0.3 is 4.74 Å². The molecule has 3 rings (SSSR count). The number of hydrogen-bond donors (Lipinski definition) is 0. The summed E-state index contributed by atoms with van der Waals surface area (Å²) in [6, 6.07) is 15.4. The number of hydrogen-bond acceptors (Lipinski definition) is 2. The highest BCUT2D eigenvalue weighted by Gasteiger charge is 2.56. The largest absolute Gasteiger partial charge is 0.428 e. The van der Waals surface area contributed by atoms with Crippen molar-refractivity contribution >= 4 is 34.7 Å². The summed E-state index contributed by atoms with van der Waals surface area (Å²) in [6.45, 7) is 4.31. The van der Waals surface area contributed by atoms with E-state index in [1.807, 2.05) is 48.5 Å². The van der Waals surface area contributed by atoms with Gasteiger partial charge in [-0.2, -0.15) is 0 Å². The van der Waals surface area contributed by atoms with Crippen molar-refractivity contribution in [3.63, 3.8) is 0 Å². The van der Waals surface area contributed by atoms with Gasteiger partial charge in [-0.1, -0.05) is 80.6 Å². The molecular formula is C24H26Cl2O2. The minimum atomic E-state index is -0.719. The van der Waals surface area contributed by atoms with Crippen molar-refractivity contribution in [1.29, 1.82) is 0 Å². The van der Waals surface area contributed by atoms with Crippen LogP contribution < -0.4 is 0 Å². The zero-order valence-corrected chi connectivity index (χ0v) is 17.9. The Morgan fingerprint density at radius 2 is 1.46 bits per heavy atom. The first-order valence-electron chi connectivity index (χ1n) is 10.0. The molecule has 0 N–H and O–H groups in total. The molecule has 4 heteroatoms. The van der Waals surface area contributed by atoms with Crippen LogP contribution in [0.4, 0.5) is 0 Å². The molecule has 1 aliphatic heterocycles. The molecule has 0 radical (unpaired) electrons. The van der Waals surface area contributed by atoms with Gasteiger partial charge in [0.2, 0.25) is 0 Å². The Morgan fingerprint density at radius 1 is 0.893 bits per heavy atom. The van der Waals surface area contributed by atoms with Crippen LogP contribution in [0.25, 0.3) is 5.57 Å². The Kier molecular flexibility index (Phi) is 6.85. The number of benzene rings is 2. The van der Waals surface area contributed by atoms with Crippen molar-refractivity contribution in [1.82, 2.24) is 0 Å². The molecule has 1 heterocycles. The Bertz CT molecular complexity index is 853. The Hall–Kier alpha value is -1.77. The molecular weight excluding hydrogens is 391 g/mol. The lowest BCUT2D eigenvalue weighted by atomic mass is 9.69. The van der Waals surface area contributed by atoms with E-state index in [9.17, 15) is 4.79 Å². The number of cyclic esters (lactones) is 1. The predicted molar refractivity (Wildman–Crippen MR) is 117 cm³/mol. The first-order chi connectivity index (χ1) is 13.5. The van der Waals surface area contributed by atoms with Crippen LogP contribution in [0.1, 0.15) is 63.5 Å². The summed E-state index contributed by atoms with van der Waals surface area (Å²) in [4.78, 5) is 12.9. The van der Waals surface area contributed by atoms with E-state index in [-0.39, 0.29) is 5.97 Å². The third-order valence-electron chi connectivity index (χ3n) is 5.42. The smallest absolute Gasteiger partial charge is 0.329 e. The molecule has 0 amide bonds. The lowest BCUT2D eigenvalue weighted by Gasteiger charge is -2.43. The zero-order chi connectivity index (χ0) is 20.1. The normalized spacial score (nSPS) is 20.5. The highest BCUT2D eigenvalue weighted by molar-refractivity contribution is 6.30. The second kappa shape index (κ2) is 9.15. The van der Waals surface area contributed by atoms with Crippen LogP contribution >= 0.6 is 23.2 Å². The number of allylic oxidation sites excluding steroid dienone is 1. The van der Waals surface area contributed by atoms with Crippen LogP contribution in [-0.2, 0) is 14.9 Å². The molecule has 0 aromatic heterocycles. The van der Waals surface area contributed by atoms with Gasteiger partial charge in [0, 0.05) is 10.0 Å². The van der Waals surface area contributed by atoms with E-state index in [4.69, 9.17) is 27.9 Å². The van der Waals surface area contributed by atoms with Crippen molar-refractivity contribution < 1.29 is 9.53 Å². The Morgan fingerprint density at radius 3 is 2.00 bits per heavy atom. The van der Waals surface area contributed by atoms with Crippen LogP contribution in [0.5, 0.6) is 0 Å². The molecule has 1 fully saturated rings. The lowest BCUT2D eigenvalue weighted by molar-refractivity contribution is -0.161. The van der Waals surface area contributed by atoms with Gasteiger partial charge in [0.1, 0.15) is 5.76 Å². The summed E-state index contributed by atoms with van der Waals surface area (Å²) in [5.41, 5.74) is 2.41. The van der Waals surface area contributed by atoms with E-state index >= 15 is 0 Å². The monoisotopic (exact) mass is 416 g/mol. The first-order valence-corrected chi connectivity index (χ1v) is 10.8.